The Kier molecular flexibility index (Phi) is 5.11. The zero-order valence-corrected chi connectivity index (χ0v) is 17.3. The number of ether oxygens (including phenoxy) is 1. The van der Waals surface area contributed by atoms with E-state index < -0.39 is 12.1 Å². The SMILES string of the molecule is O=C(O)CCc1cccc2c1ccn2NC(=O)OCC1c2ccccc2-c2ccccc21. The fourth-order valence-corrected chi connectivity index (χ4v) is 4.52. The molecule has 32 heavy (non-hydrogen) atoms. The van der Waals surface area contributed by atoms with Gasteiger partial charge in [0, 0.05) is 23.9 Å². The average Bonchev–Trinajstić information content (AvgIpc) is 3.36. The molecule has 0 aliphatic heterocycles. The Hall–Kier alpha value is -4.06. The van der Waals surface area contributed by atoms with Gasteiger partial charge >= 0.3 is 12.1 Å². The van der Waals surface area contributed by atoms with Crippen molar-refractivity contribution in [2.24, 2.45) is 0 Å². The topological polar surface area (TPSA) is 80.6 Å². The van der Waals surface area contributed by atoms with Crippen LogP contribution in [0.1, 0.15) is 29.0 Å². The third kappa shape index (κ3) is 3.60. The van der Waals surface area contributed by atoms with Crippen molar-refractivity contribution in [1.29, 1.82) is 0 Å². The van der Waals surface area contributed by atoms with Crippen molar-refractivity contribution < 1.29 is 19.4 Å². The van der Waals surface area contributed by atoms with E-state index in [0.29, 0.717) is 6.42 Å². The Labute approximate surface area is 185 Å². The van der Waals surface area contributed by atoms with Gasteiger partial charge in [-0.3, -0.25) is 9.47 Å². The Morgan fingerprint density at radius 2 is 1.59 bits per heavy atom. The van der Waals surface area contributed by atoms with Crippen LogP contribution in [0, 0.1) is 0 Å². The summed E-state index contributed by atoms with van der Waals surface area (Å²) >= 11 is 0. The summed E-state index contributed by atoms with van der Waals surface area (Å²) in [6, 6.07) is 23.9. The third-order valence-electron chi connectivity index (χ3n) is 5.99. The zero-order valence-electron chi connectivity index (χ0n) is 17.3. The summed E-state index contributed by atoms with van der Waals surface area (Å²) in [4.78, 5) is 23.5. The number of aliphatic carboxylic acids is 1. The molecule has 1 aromatic heterocycles. The van der Waals surface area contributed by atoms with Crippen molar-refractivity contribution in [3.05, 3.63) is 95.7 Å². The van der Waals surface area contributed by atoms with E-state index in [1.807, 2.05) is 48.5 Å². The number of nitrogens with zero attached hydrogens (tertiary/aromatic N) is 1. The van der Waals surface area contributed by atoms with Gasteiger partial charge in [0.25, 0.3) is 0 Å². The van der Waals surface area contributed by atoms with E-state index in [1.165, 1.54) is 11.1 Å². The molecule has 0 saturated carbocycles. The first kappa shape index (κ1) is 19.9. The van der Waals surface area contributed by atoms with Crippen LogP contribution in [0.5, 0.6) is 0 Å². The Balaban J connectivity index is 1.31. The first-order chi connectivity index (χ1) is 15.6. The maximum absolute atomic E-state index is 12.6. The molecule has 0 saturated heterocycles. The van der Waals surface area contributed by atoms with E-state index in [4.69, 9.17) is 9.84 Å². The summed E-state index contributed by atoms with van der Waals surface area (Å²) in [6.45, 7) is 0.239. The molecule has 0 atom stereocenters. The lowest BCUT2D eigenvalue weighted by Crippen LogP contribution is -2.24. The van der Waals surface area contributed by atoms with Crippen molar-refractivity contribution in [2.75, 3.05) is 12.0 Å². The molecule has 6 heteroatoms. The number of amides is 1. The van der Waals surface area contributed by atoms with Gasteiger partial charge in [-0.15, -0.1) is 0 Å². The molecule has 0 bridgehead atoms. The van der Waals surface area contributed by atoms with Crippen LogP contribution in [-0.2, 0) is 16.0 Å². The normalized spacial score (nSPS) is 12.4. The number of benzene rings is 3. The summed E-state index contributed by atoms with van der Waals surface area (Å²) in [5, 5.41) is 9.87. The lowest BCUT2D eigenvalue weighted by Gasteiger charge is -2.15. The molecule has 0 spiro atoms. The molecular formula is C26H22N2O4. The van der Waals surface area contributed by atoms with Crippen molar-refractivity contribution >= 4 is 23.0 Å². The van der Waals surface area contributed by atoms with E-state index >= 15 is 0 Å². The van der Waals surface area contributed by atoms with Gasteiger partial charge < -0.3 is 9.84 Å². The minimum atomic E-state index is -0.835. The molecule has 0 unspecified atom stereocenters. The van der Waals surface area contributed by atoms with Gasteiger partial charge in [0.1, 0.15) is 6.61 Å². The number of carboxylic acids is 1. The van der Waals surface area contributed by atoms with Crippen LogP contribution in [-0.4, -0.2) is 28.5 Å². The highest BCUT2D eigenvalue weighted by molar-refractivity contribution is 5.87. The lowest BCUT2D eigenvalue weighted by molar-refractivity contribution is -0.136. The highest BCUT2D eigenvalue weighted by atomic mass is 16.6. The van der Waals surface area contributed by atoms with Crippen LogP contribution >= 0.6 is 0 Å². The van der Waals surface area contributed by atoms with Crippen LogP contribution in [0.4, 0.5) is 4.79 Å². The molecule has 1 heterocycles. The number of nitrogens with one attached hydrogen (secondary N) is 1. The summed E-state index contributed by atoms with van der Waals surface area (Å²) in [5.41, 5.74) is 9.18. The number of carboxylic acid groups (broad SMARTS) is 1. The molecule has 1 amide bonds. The second-order valence-electron chi connectivity index (χ2n) is 7.87. The first-order valence-electron chi connectivity index (χ1n) is 10.5. The van der Waals surface area contributed by atoms with Crippen LogP contribution in [0.3, 0.4) is 0 Å². The van der Waals surface area contributed by atoms with Crippen LogP contribution in [0.15, 0.2) is 79.0 Å². The van der Waals surface area contributed by atoms with Crippen LogP contribution in [0.2, 0.25) is 0 Å². The summed E-state index contributed by atoms with van der Waals surface area (Å²) in [7, 11) is 0. The predicted molar refractivity (Wildman–Crippen MR) is 122 cm³/mol. The molecule has 5 rings (SSSR count). The summed E-state index contributed by atoms with van der Waals surface area (Å²) < 4.78 is 7.23. The molecule has 0 radical (unpaired) electrons. The van der Waals surface area contributed by atoms with Gasteiger partial charge in [0.15, 0.2) is 0 Å². The number of hydrogen-bond donors (Lipinski definition) is 2. The minimum Gasteiger partial charge on any atom is -0.481 e. The second-order valence-corrected chi connectivity index (χ2v) is 7.87. The van der Waals surface area contributed by atoms with E-state index in [-0.39, 0.29) is 18.9 Å². The maximum Gasteiger partial charge on any atom is 0.426 e. The van der Waals surface area contributed by atoms with E-state index in [0.717, 1.165) is 27.6 Å². The van der Waals surface area contributed by atoms with E-state index in [2.05, 4.69) is 29.7 Å². The van der Waals surface area contributed by atoms with Gasteiger partial charge in [-0.1, -0.05) is 60.7 Å². The molecule has 0 fully saturated rings. The highest BCUT2D eigenvalue weighted by Crippen LogP contribution is 2.44. The third-order valence-corrected chi connectivity index (χ3v) is 5.99. The number of hydrogen-bond acceptors (Lipinski definition) is 3. The van der Waals surface area contributed by atoms with Crippen molar-refractivity contribution in [1.82, 2.24) is 4.68 Å². The fraction of sp³-hybridized carbons (Fsp3) is 0.154. The fourth-order valence-electron chi connectivity index (χ4n) is 4.52. The number of aryl methyl sites for hydroxylation is 1. The standard InChI is InChI=1S/C26H22N2O4/c29-25(30)13-12-17-6-5-11-24-18(17)14-15-28(24)27-26(31)32-16-23-21-9-3-1-7-19(21)20-8-2-4-10-22(20)23/h1-11,14-15,23H,12-13,16H2,(H,27,31)(H,29,30). The van der Waals surface area contributed by atoms with Crippen LogP contribution in [0.25, 0.3) is 22.0 Å². The first-order valence-corrected chi connectivity index (χ1v) is 10.5. The maximum atomic E-state index is 12.6. The average molecular weight is 426 g/mol. The monoisotopic (exact) mass is 426 g/mol. The number of fused-ring (bicyclic) bond motifs is 4. The predicted octanol–water partition coefficient (Wildman–Crippen LogP) is 5.15. The zero-order chi connectivity index (χ0) is 22.1. The van der Waals surface area contributed by atoms with Gasteiger partial charge in [0.2, 0.25) is 0 Å². The molecular weight excluding hydrogens is 404 g/mol. The molecule has 2 N–H and O–H groups in total. The van der Waals surface area contributed by atoms with Gasteiger partial charge in [-0.2, -0.15) is 0 Å². The van der Waals surface area contributed by atoms with Crippen molar-refractivity contribution in [3.8, 4) is 11.1 Å². The van der Waals surface area contributed by atoms with E-state index in [1.54, 1.807) is 10.9 Å². The number of carbonyl (C=O) groups is 2. The Morgan fingerprint density at radius 3 is 2.28 bits per heavy atom. The molecule has 160 valence electrons. The van der Waals surface area contributed by atoms with Gasteiger partial charge in [0.05, 0.1) is 5.52 Å². The lowest BCUT2D eigenvalue weighted by atomic mass is 9.98. The molecule has 6 nitrogen and oxygen atoms in total. The largest absolute Gasteiger partial charge is 0.481 e. The number of carbonyl (C=O) groups excluding carboxylic acids is 1. The van der Waals surface area contributed by atoms with E-state index in [9.17, 15) is 9.59 Å². The number of rotatable bonds is 6. The smallest absolute Gasteiger partial charge is 0.426 e. The quantitative estimate of drug-likeness (QED) is 0.447. The molecule has 4 aromatic rings. The van der Waals surface area contributed by atoms with Crippen molar-refractivity contribution in [2.45, 2.75) is 18.8 Å². The minimum absolute atomic E-state index is 0.00261. The van der Waals surface area contributed by atoms with Gasteiger partial charge in [-0.25, -0.2) is 10.2 Å². The van der Waals surface area contributed by atoms with Crippen molar-refractivity contribution in [3.63, 3.8) is 0 Å². The molecule has 3 aromatic carbocycles. The Morgan fingerprint density at radius 1 is 0.906 bits per heavy atom. The number of aromatic nitrogens is 1. The van der Waals surface area contributed by atoms with Crippen LogP contribution < -0.4 is 5.43 Å². The van der Waals surface area contributed by atoms with Gasteiger partial charge in [-0.05, 0) is 46.4 Å². The Bertz CT molecular complexity index is 1280. The summed E-state index contributed by atoms with van der Waals surface area (Å²) in [5.74, 6) is -0.838. The molecule has 1 aliphatic carbocycles. The highest BCUT2D eigenvalue weighted by Gasteiger charge is 2.29. The molecule has 1 aliphatic rings. The second kappa shape index (κ2) is 8.23. The summed E-state index contributed by atoms with van der Waals surface area (Å²) in [6.07, 6.45) is 1.70.